The van der Waals surface area contributed by atoms with E-state index in [2.05, 4.69) is 30.9 Å². The molecule has 0 aliphatic heterocycles. The highest BCUT2D eigenvalue weighted by atomic mass is 32.1. The van der Waals surface area contributed by atoms with Gasteiger partial charge in [0.25, 0.3) is 0 Å². The van der Waals surface area contributed by atoms with E-state index in [0.29, 0.717) is 39.3 Å². The minimum Gasteiger partial charge on any atom is -0.504 e. The first-order chi connectivity index (χ1) is 12.6. The zero-order chi connectivity index (χ0) is 18.5. The summed E-state index contributed by atoms with van der Waals surface area (Å²) in [6.07, 6.45) is 1.60. The summed E-state index contributed by atoms with van der Waals surface area (Å²) >= 11 is 5.16. The number of phenolic OH excluding ortho intramolecular Hbond substituents is 1. The number of thiocarbonyl (C=S) groups is 1. The summed E-state index contributed by atoms with van der Waals surface area (Å²) in [6.45, 7) is 2.68. The number of fused-ring (bicyclic) bond motifs is 1. The van der Waals surface area contributed by atoms with Crippen molar-refractivity contribution in [2.75, 3.05) is 24.3 Å². The first-order valence-corrected chi connectivity index (χ1v) is 8.32. The summed E-state index contributed by atoms with van der Waals surface area (Å²) < 4.78 is 5.03. The van der Waals surface area contributed by atoms with Gasteiger partial charge in [-0.1, -0.05) is 0 Å². The molecule has 2 aromatic heterocycles. The lowest BCUT2D eigenvalue weighted by Gasteiger charge is -2.10. The second kappa shape index (κ2) is 7.79. The third kappa shape index (κ3) is 4.06. The van der Waals surface area contributed by atoms with Crippen LogP contribution in [0.4, 0.5) is 17.3 Å². The molecule has 0 aliphatic rings. The fraction of sp³-hybridized carbons (Fsp3) is 0.176. The van der Waals surface area contributed by atoms with Crippen LogP contribution < -0.4 is 20.7 Å². The summed E-state index contributed by atoms with van der Waals surface area (Å²) in [4.78, 5) is 13.2. The molecule has 0 atom stereocenters. The average Bonchev–Trinajstić information content (AvgIpc) is 2.62. The van der Waals surface area contributed by atoms with Gasteiger partial charge in [0.1, 0.15) is 11.3 Å². The van der Waals surface area contributed by atoms with Gasteiger partial charge in [-0.05, 0) is 43.4 Å². The molecule has 4 N–H and O–H groups in total. The maximum absolute atomic E-state index is 9.87. The molecule has 8 nitrogen and oxygen atoms in total. The number of aromatic hydroxyl groups is 1. The predicted molar refractivity (Wildman–Crippen MR) is 105 cm³/mol. The number of benzene rings is 1. The number of anilines is 3. The molecule has 2 heterocycles. The van der Waals surface area contributed by atoms with Crippen molar-refractivity contribution in [2.24, 2.45) is 0 Å². The van der Waals surface area contributed by atoms with Gasteiger partial charge in [0.15, 0.2) is 28.1 Å². The van der Waals surface area contributed by atoms with Crippen molar-refractivity contribution in [3.63, 3.8) is 0 Å². The van der Waals surface area contributed by atoms with E-state index in [9.17, 15) is 5.11 Å². The summed E-state index contributed by atoms with van der Waals surface area (Å²) in [7, 11) is 1.50. The third-order valence-corrected chi connectivity index (χ3v) is 3.68. The number of phenols is 1. The van der Waals surface area contributed by atoms with Crippen molar-refractivity contribution in [3.05, 3.63) is 36.5 Å². The van der Waals surface area contributed by atoms with Crippen molar-refractivity contribution >= 4 is 45.8 Å². The van der Waals surface area contributed by atoms with Crippen molar-refractivity contribution in [2.45, 2.75) is 6.92 Å². The number of nitrogens with zero attached hydrogens (tertiary/aromatic N) is 3. The van der Waals surface area contributed by atoms with Gasteiger partial charge in [-0.25, -0.2) is 15.0 Å². The lowest BCUT2D eigenvalue weighted by Crippen LogP contribution is -2.28. The Morgan fingerprint density at radius 1 is 1.19 bits per heavy atom. The number of hydrogen-bond donors (Lipinski definition) is 4. The number of nitrogens with one attached hydrogen (secondary N) is 3. The standard InChI is InChI=1S/C17H18N6O2S/c1-3-18-17(26)23-14-7-5-11-16(21-14)22-15(9-19-11)20-10-4-6-13(25-2)12(24)8-10/h4-9,24H,3H2,1-2H3,(H3,18,20,21,22,23,26). The van der Waals surface area contributed by atoms with Crippen molar-refractivity contribution in [3.8, 4) is 11.5 Å². The SMILES string of the molecule is CCNC(=S)Nc1ccc2ncc(Nc3ccc(OC)c(O)c3)nc2n1. The molecule has 0 radical (unpaired) electrons. The molecule has 1 aromatic carbocycles. The number of rotatable bonds is 5. The number of methoxy groups -OCH3 is 1. The largest absolute Gasteiger partial charge is 0.504 e. The van der Waals surface area contributed by atoms with Crippen LogP contribution in [0.3, 0.4) is 0 Å². The molecule has 0 aliphatic carbocycles. The molecule has 0 saturated heterocycles. The molecular formula is C17H18N6O2S. The maximum Gasteiger partial charge on any atom is 0.182 e. The summed E-state index contributed by atoms with van der Waals surface area (Å²) in [5, 5.41) is 19.4. The molecule has 3 aromatic rings. The summed E-state index contributed by atoms with van der Waals surface area (Å²) in [5.74, 6) is 1.51. The molecule has 0 spiro atoms. The fourth-order valence-corrected chi connectivity index (χ4v) is 2.51. The van der Waals surface area contributed by atoms with Crippen molar-refractivity contribution in [1.29, 1.82) is 0 Å². The van der Waals surface area contributed by atoms with E-state index < -0.39 is 0 Å². The Labute approximate surface area is 155 Å². The normalized spacial score (nSPS) is 10.4. The van der Waals surface area contributed by atoms with Crippen LogP contribution in [-0.4, -0.2) is 38.8 Å². The van der Waals surface area contributed by atoms with Gasteiger partial charge in [-0.2, -0.15) is 0 Å². The Kier molecular flexibility index (Phi) is 5.28. The zero-order valence-corrected chi connectivity index (χ0v) is 15.1. The van der Waals surface area contributed by atoms with E-state index in [-0.39, 0.29) is 5.75 Å². The average molecular weight is 370 g/mol. The van der Waals surface area contributed by atoms with Crippen LogP contribution in [0.5, 0.6) is 11.5 Å². The minimum atomic E-state index is 0.0350. The van der Waals surface area contributed by atoms with Gasteiger partial charge in [-0.3, -0.25) is 0 Å². The molecule has 134 valence electrons. The number of pyridine rings is 1. The van der Waals surface area contributed by atoms with Gasteiger partial charge in [0.05, 0.1) is 13.3 Å². The third-order valence-electron chi connectivity index (χ3n) is 3.44. The Bertz CT molecular complexity index is 950. The van der Waals surface area contributed by atoms with Crippen LogP contribution in [0.25, 0.3) is 11.2 Å². The van der Waals surface area contributed by atoms with E-state index >= 15 is 0 Å². The van der Waals surface area contributed by atoms with Crippen LogP contribution in [0.2, 0.25) is 0 Å². The summed E-state index contributed by atoms with van der Waals surface area (Å²) in [5.41, 5.74) is 1.78. The molecule has 0 amide bonds. The minimum absolute atomic E-state index is 0.0350. The Balaban J connectivity index is 1.83. The van der Waals surface area contributed by atoms with Crippen LogP contribution >= 0.6 is 12.2 Å². The molecule has 0 saturated carbocycles. The van der Waals surface area contributed by atoms with E-state index in [0.717, 1.165) is 6.54 Å². The van der Waals surface area contributed by atoms with E-state index in [4.69, 9.17) is 17.0 Å². The Hall–Kier alpha value is -3.20. The first-order valence-electron chi connectivity index (χ1n) is 7.91. The lowest BCUT2D eigenvalue weighted by atomic mass is 10.3. The quantitative estimate of drug-likeness (QED) is 0.505. The fourth-order valence-electron chi connectivity index (χ4n) is 2.26. The van der Waals surface area contributed by atoms with Crippen molar-refractivity contribution in [1.82, 2.24) is 20.3 Å². The van der Waals surface area contributed by atoms with Gasteiger partial charge >= 0.3 is 0 Å². The number of ether oxygens (including phenoxy) is 1. The monoisotopic (exact) mass is 370 g/mol. The highest BCUT2D eigenvalue weighted by Gasteiger charge is 2.07. The van der Waals surface area contributed by atoms with E-state index in [1.807, 2.05) is 13.0 Å². The molecule has 9 heteroatoms. The van der Waals surface area contributed by atoms with Gasteiger partial charge in [-0.15, -0.1) is 0 Å². The zero-order valence-electron chi connectivity index (χ0n) is 14.3. The highest BCUT2D eigenvalue weighted by Crippen LogP contribution is 2.29. The molecule has 3 rings (SSSR count). The van der Waals surface area contributed by atoms with Crippen LogP contribution in [0.1, 0.15) is 6.92 Å². The van der Waals surface area contributed by atoms with Gasteiger partial charge in [0.2, 0.25) is 0 Å². The lowest BCUT2D eigenvalue weighted by molar-refractivity contribution is 0.373. The van der Waals surface area contributed by atoms with Crippen LogP contribution in [0.15, 0.2) is 36.5 Å². The smallest absolute Gasteiger partial charge is 0.182 e. The predicted octanol–water partition coefficient (Wildman–Crippen LogP) is 2.79. The summed E-state index contributed by atoms with van der Waals surface area (Å²) in [6, 6.07) is 8.58. The topological polar surface area (TPSA) is 104 Å². The highest BCUT2D eigenvalue weighted by molar-refractivity contribution is 7.80. The van der Waals surface area contributed by atoms with Crippen LogP contribution in [0, 0.1) is 0 Å². The number of aromatic nitrogens is 3. The van der Waals surface area contributed by atoms with Crippen LogP contribution in [-0.2, 0) is 0 Å². The maximum atomic E-state index is 9.87. The molecular weight excluding hydrogens is 352 g/mol. The second-order valence-electron chi connectivity index (χ2n) is 5.29. The van der Waals surface area contributed by atoms with Gasteiger partial charge < -0.3 is 25.8 Å². The van der Waals surface area contributed by atoms with Crippen molar-refractivity contribution < 1.29 is 9.84 Å². The molecule has 0 bridgehead atoms. The molecule has 0 unspecified atom stereocenters. The van der Waals surface area contributed by atoms with Gasteiger partial charge in [0, 0.05) is 18.3 Å². The molecule has 0 fully saturated rings. The Morgan fingerprint density at radius 2 is 2.00 bits per heavy atom. The first kappa shape index (κ1) is 17.6. The Morgan fingerprint density at radius 3 is 2.73 bits per heavy atom. The van der Waals surface area contributed by atoms with E-state index in [1.165, 1.54) is 7.11 Å². The number of hydrogen-bond acceptors (Lipinski definition) is 7. The second-order valence-corrected chi connectivity index (χ2v) is 5.70. The van der Waals surface area contributed by atoms with E-state index in [1.54, 1.807) is 30.5 Å². The molecule has 26 heavy (non-hydrogen) atoms.